The van der Waals surface area contributed by atoms with Crippen LogP contribution in [-0.4, -0.2) is 6.61 Å². The second kappa shape index (κ2) is 6.18. The summed E-state index contributed by atoms with van der Waals surface area (Å²) in [5, 5.41) is 0. The molecule has 0 bridgehead atoms. The lowest BCUT2D eigenvalue weighted by Gasteiger charge is -2.12. The van der Waals surface area contributed by atoms with Crippen molar-refractivity contribution in [3.63, 3.8) is 0 Å². The molecule has 0 amide bonds. The molecule has 0 atom stereocenters. The molecule has 0 aliphatic heterocycles. The quantitative estimate of drug-likeness (QED) is 0.813. The summed E-state index contributed by atoms with van der Waals surface area (Å²) in [5.41, 5.74) is 8.74. The number of ether oxygens (including phenoxy) is 2. The van der Waals surface area contributed by atoms with E-state index >= 15 is 0 Å². The van der Waals surface area contributed by atoms with E-state index in [-0.39, 0.29) is 0 Å². The number of hydrogen-bond acceptors (Lipinski definition) is 3. The summed E-state index contributed by atoms with van der Waals surface area (Å²) in [4.78, 5) is 0. The molecule has 0 heterocycles. The van der Waals surface area contributed by atoms with E-state index in [1.54, 1.807) is 6.07 Å². The van der Waals surface area contributed by atoms with Crippen molar-refractivity contribution in [2.24, 2.45) is 0 Å². The molecule has 2 aromatic carbocycles. The summed E-state index contributed by atoms with van der Waals surface area (Å²) >= 11 is 3.55. The van der Waals surface area contributed by atoms with Crippen LogP contribution < -0.4 is 15.2 Å². The monoisotopic (exact) mass is 335 g/mol. The molecule has 0 radical (unpaired) electrons. The predicted octanol–water partition coefficient (Wildman–Crippen LogP) is 4.84. The number of anilines is 1. The highest BCUT2D eigenvalue weighted by Gasteiger charge is 2.07. The fourth-order valence-corrected chi connectivity index (χ4v) is 2.19. The van der Waals surface area contributed by atoms with Gasteiger partial charge < -0.3 is 15.2 Å². The maximum Gasteiger partial charge on any atom is 0.145 e. The molecule has 0 aliphatic rings. The lowest BCUT2D eigenvalue weighted by molar-refractivity contribution is 0.340. The van der Waals surface area contributed by atoms with E-state index in [1.807, 2.05) is 45.0 Å². The zero-order valence-corrected chi connectivity index (χ0v) is 13.5. The van der Waals surface area contributed by atoms with Gasteiger partial charge in [0.25, 0.3) is 0 Å². The fourth-order valence-electron chi connectivity index (χ4n) is 1.96. The van der Waals surface area contributed by atoms with Crippen LogP contribution >= 0.6 is 15.9 Å². The number of hydrogen-bond donors (Lipinski definition) is 1. The zero-order chi connectivity index (χ0) is 14.7. The molecule has 0 aromatic heterocycles. The highest BCUT2D eigenvalue weighted by atomic mass is 79.9. The van der Waals surface area contributed by atoms with E-state index in [0.29, 0.717) is 23.8 Å². The van der Waals surface area contributed by atoms with Crippen molar-refractivity contribution in [1.29, 1.82) is 0 Å². The summed E-state index contributed by atoms with van der Waals surface area (Å²) in [5.74, 6) is 2.16. The number of rotatable bonds is 4. The van der Waals surface area contributed by atoms with Gasteiger partial charge in [0.2, 0.25) is 0 Å². The predicted molar refractivity (Wildman–Crippen MR) is 85.7 cm³/mol. The number of halogens is 1. The van der Waals surface area contributed by atoms with E-state index in [9.17, 15) is 0 Å². The molecule has 0 unspecified atom stereocenters. The molecule has 0 saturated carbocycles. The van der Waals surface area contributed by atoms with Gasteiger partial charge in [0.05, 0.1) is 12.3 Å². The first-order valence-electron chi connectivity index (χ1n) is 6.48. The van der Waals surface area contributed by atoms with Crippen molar-refractivity contribution in [3.8, 4) is 17.2 Å². The molecule has 0 fully saturated rings. The SMILES string of the molecule is CCOc1cc(Oc2cc(C)c(Br)c(C)c2)ccc1N. The summed E-state index contributed by atoms with van der Waals surface area (Å²) in [6.45, 7) is 6.58. The Bertz CT molecular complexity index is 603. The molecule has 106 valence electrons. The lowest BCUT2D eigenvalue weighted by Crippen LogP contribution is -1.97. The Morgan fingerprint density at radius 1 is 1.05 bits per heavy atom. The molecule has 20 heavy (non-hydrogen) atoms. The second-order valence-electron chi connectivity index (χ2n) is 4.61. The molecular weight excluding hydrogens is 318 g/mol. The van der Waals surface area contributed by atoms with Crippen molar-refractivity contribution in [2.75, 3.05) is 12.3 Å². The number of aryl methyl sites for hydroxylation is 2. The van der Waals surface area contributed by atoms with E-state index < -0.39 is 0 Å². The Kier molecular flexibility index (Phi) is 4.55. The average Bonchev–Trinajstić information content (AvgIpc) is 2.40. The van der Waals surface area contributed by atoms with Gasteiger partial charge in [-0.15, -0.1) is 0 Å². The van der Waals surface area contributed by atoms with E-state index in [1.165, 1.54) is 0 Å². The minimum atomic E-state index is 0.574. The van der Waals surface area contributed by atoms with Gasteiger partial charge in [-0.25, -0.2) is 0 Å². The van der Waals surface area contributed by atoms with Gasteiger partial charge in [0, 0.05) is 10.5 Å². The second-order valence-corrected chi connectivity index (χ2v) is 5.40. The van der Waals surface area contributed by atoms with Crippen molar-refractivity contribution < 1.29 is 9.47 Å². The molecule has 0 saturated heterocycles. The van der Waals surface area contributed by atoms with Gasteiger partial charge in [-0.2, -0.15) is 0 Å². The molecule has 2 rings (SSSR count). The zero-order valence-electron chi connectivity index (χ0n) is 11.9. The topological polar surface area (TPSA) is 44.5 Å². The first-order valence-corrected chi connectivity index (χ1v) is 7.27. The van der Waals surface area contributed by atoms with Crippen LogP contribution in [0.25, 0.3) is 0 Å². The van der Waals surface area contributed by atoms with Crippen LogP contribution in [0.1, 0.15) is 18.1 Å². The van der Waals surface area contributed by atoms with Crippen molar-refractivity contribution in [2.45, 2.75) is 20.8 Å². The molecule has 3 nitrogen and oxygen atoms in total. The Balaban J connectivity index is 2.28. The standard InChI is InChI=1S/C16H18BrNO2/c1-4-19-15-9-12(5-6-14(15)18)20-13-7-10(2)16(17)11(3)8-13/h5-9H,4,18H2,1-3H3. The van der Waals surface area contributed by atoms with Gasteiger partial charge in [0.15, 0.2) is 0 Å². The maximum atomic E-state index is 5.88. The summed E-state index contributed by atoms with van der Waals surface area (Å²) < 4.78 is 12.5. The van der Waals surface area contributed by atoms with E-state index in [0.717, 1.165) is 21.3 Å². The molecule has 0 aliphatic carbocycles. The molecular formula is C16H18BrNO2. The van der Waals surface area contributed by atoms with E-state index in [2.05, 4.69) is 15.9 Å². The highest BCUT2D eigenvalue weighted by Crippen LogP contribution is 2.32. The van der Waals surface area contributed by atoms with Crippen LogP contribution in [0.3, 0.4) is 0 Å². The average molecular weight is 336 g/mol. The van der Waals surface area contributed by atoms with Crippen LogP contribution in [0.5, 0.6) is 17.2 Å². The third kappa shape index (κ3) is 3.25. The van der Waals surface area contributed by atoms with Gasteiger partial charge >= 0.3 is 0 Å². The van der Waals surface area contributed by atoms with E-state index in [4.69, 9.17) is 15.2 Å². The number of benzene rings is 2. The first-order chi connectivity index (χ1) is 9.51. The molecule has 0 spiro atoms. The smallest absolute Gasteiger partial charge is 0.145 e. The van der Waals surface area contributed by atoms with Crippen LogP contribution in [0.4, 0.5) is 5.69 Å². The van der Waals surface area contributed by atoms with Crippen LogP contribution in [0.2, 0.25) is 0 Å². The third-order valence-electron chi connectivity index (χ3n) is 2.93. The summed E-state index contributed by atoms with van der Waals surface area (Å²) in [6.07, 6.45) is 0. The van der Waals surface area contributed by atoms with Crippen molar-refractivity contribution in [3.05, 3.63) is 45.9 Å². The van der Waals surface area contributed by atoms with Crippen LogP contribution in [0.15, 0.2) is 34.8 Å². The van der Waals surface area contributed by atoms with Crippen LogP contribution in [-0.2, 0) is 0 Å². The van der Waals surface area contributed by atoms with Crippen molar-refractivity contribution >= 4 is 21.6 Å². The number of nitrogens with two attached hydrogens (primary N) is 1. The highest BCUT2D eigenvalue weighted by molar-refractivity contribution is 9.10. The first kappa shape index (κ1) is 14.7. The van der Waals surface area contributed by atoms with Gasteiger partial charge in [-0.05, 0) is 56.2 Å². The minimum Gasteiger partial charge on any atom is -0.492 e. The number of nitrogen functional groups attached to an aromatic ring is 1. The summed E-state index contributed by atoms with van der Waals surface area (Å²) in [6, 6.07) is 9.43. The summed E-state index contributed by atoms with van der Waals surface area (Å²) in [7, 11) is 0. The Morgan fingerprint density at radius 2 is 1.70 bits per heavy atom. The molecule has 4 heteroatoms. The van der Waals surface area contributed by atoms with Crippen molar-refractivity contribution in [1.82, 2.24) is 0 Å². The van der Waals surface area contributed by atoms with Gasteiger partial charge in [-0.3, -0.25) is 0 Å². The Hall–Kier alpha value is -1.68. The Labute approximate surface area is 127 Å². The van der Waals surface area contributed by atoms with Crippen LogP contribution in [0, 0.1) is 13.8 Å². The fraction of sp³-hybridized carbons (Fsp3) is 0.250. The lowest BCUT2D eigenvalue weighted by atomic mass is 10.1. The molecule has 2 N–H and O–H groups in total. The molecule has 2 aromatic rings. The normalized spacial score (nSPS) is 10.4. The largest absolute Gasteiger partial charge is 0.492 e. The van der Waals surface area contributed by atoms with Gasteiger partial charge in [0.1, 0.15) is 17.2 Å². The maximum absolute atomic E-state index is 5.88. The van der Waals surface area contributed by atoms with Gasteiger partial charge in [-0.1, -0.05) is 15.9 Å². The third-order valence-corrected chi connectivity index (χ3v) is 4.18. The Morgan fingerprint density at radius 3 is 2.30 bits per heavy atom. The minimum absolute atomic E-state index is 0.574.